The third kappa shape index (κ3) is 3.75. The first kappa shape index (κ1) is 31.1. The summed E-state index contributed by atoms with van der Waals surface area (Å²) in [6.07, 6.45) is 2.00. The molecule has 2 radical (unpaired) electrons. The lowest BCUT2D eigenvalue weighted by atomic mass is 9.88. The van der Waals surface area contributed by atoms with Gasteiger partial charge in [0.25, 0.3) is 0 Å². The fraction of sp³-hybridized carbons (Fsp3) is 0.171. The molecule has 1 atom stereocenters. The molecule has 0 spiro atoms. The Hall–Kier alpha value is -3.95. The molecular formula is C41H35BN4S3. The topological polar surface area (TPSA) is 39.2 Å². The number of aromatic nitrogens is 3. The highest BCUT2D eigenvalue weighted by Crippen LogP contribution is 2.48. The van der Waals surface area contributed by atoms with Crippen LogP contribution < -0.4 is 5.73 Å². The second-order valence-corrected chi connectivity index (χ2v) is 15.4. The molecule has 0 aliphatic carbocycles. The second-order valence-electron chi connectivity index (χ2n) is 13.8. The fourth-order valence-electron chi connectivity index (χ4n) is 8.53. The van der Waals surface area contributed by atoms with Crippen LogP contribution in [0.3, 0.4) is 0 Å². The minimum absolute atomic E-state index is 0.743. The van der Waals surface area contributed by atoms with Gasteiger partial charge < -0.3 is 10.1 Å². The predicted molar refractivity (Wildman–Crippen MR) is 220 cm³/mol. The van der Waals surface area contributed by atoms with Crippen molar-refractivity contribution in [3.05, 3.63) is 106 Å². The van der Waals surface area contributed by atoms with Crippen molar-refractivity contribution in [3.8, 4) is 11.1 Å². The van der Waals surface area contributed by atoms with E-state index in [2.05, 4.69) is 122 Å². The molecule has 0 bridgehead atoms. The number of rotatable bonds is 3. The molecule has 9 aromatic rings. The summed E-state index contributed by atoms with van der Waals surface area (Å²) in [5.41, 5.74) is 26.7. The smallest absolute Gasteiger partial charge is 0.148 e. The van der Waals surface area contributed by atoms with Crippen LogP contribution in [0.2, 0.25) is 0 Å². The zero-order chi connectivity index (χ0) is 34.6. The van der Waals surface area contributed by atoms with Crippen LogP contribution >= 0.6 is 37.9 Å². The highest BCUT2D eigenvalue weighted by molar-refractivity contribution is 7.82. The van der Waals surface area contributed by atoms with E-state index in [4.69, 9.17) is 38.8 Å². The molecule has 0 fully saturated rings. The van der Waals surface area contributed by atoms with Crippen LogP contribution in [-0.4, -0.2) is 21.0 Å². The molecule has 2 N–H and O–H groups in total. The van der Waals surface area contributed by atoms with Gasteiger partial charge >= 0.3 is 0 Å². The monoisotopic (exact) mass is 690 g/mol. The zero-order valence-corrected chi connectivity index (χ0v) is 31.0. The van der Waals surface area contributed by atoms with E-state index in [1.165, 1.54) is 38.9 Å². The van der Waals surface area contributed by atoms with Gasteiger partial charge in [-0.25, -0.2) is 0 Å². The number of imidazole rings is 1. The Morgan fingerprint density at radius 1 is 0.673 bits per heavy atom. The standard InChI is InChI=1S/C41H35BN4S3/c1-8-26-18(2)21(5)39(48)34-28-15-24(33-19(3)22(6)38(47)23(7)20(33)4)16-32-35(28)46(36(26)34)37-27-14-13-25(41(42,43)49)17-31(27)44-29-11-9-10-12-30(29)45(32)40(37)44/h8-17,47-49H,1,43H2,2-7H3. The van der Waals surface area contributed by atoms with Crippen LogP contribution in [0, 0.1) is 41.5 Å². The molecule has 4 nitrogen and oxygen atoms in total. The van der Waals surface area contributed by atoms with Gasteiger partial charge in [-0.2, -0.15) is 12.6 Å². The van der Waals surface area contributed by atoms with Gasteiger partial charge in [-0.15, -0.1) is 25.3 Å². The van der Waals surface area contributed by atoms with Gasteiger partial charge in [0, 0.05) is 36.3 Å². The Morgan fingerprint density at radius 3 is 1.90 bits per heavy atom. The molecule has 1 unspecified atom stereocenters. The molecule has 0 saturated carbocycles. The SMILES string of the molecule is [B]C(N)(S)c1ccc2c(c1)n1c3ccccc3n3c4cc(-c5c(C)c(C)c(S)c(C)c5C)cc5c6c(S)c(C)c(C)c(C=C)c6n(c54)c2c13. The lowest BCUT2D eigenvalue weighted by Gasteiger charge is -2.19. The molecule has 8 heteroatoms. The van der Waals surface area contributed by atoms with E-state index >= 15 is 0 Å². The highest BCUT2D eigenvalue weighted by atomic mass is 32.1. The normalized spacial score (nSPS) is 13.8. The van der Waals surface area contributed by atoms with Crippen molar-refractivity contribution in [3.63, 3.8) is 0 Å². The Bertz CT molecular complexity index is 2940. The summed E-state index contributed by atoms with van der Waals surface area (Å²) in [7, 11) is 6.36. The highest BCUT2D eigenvalue weighted by Gasteiger charge is 2.29. The maximum absolute atomic E-state index is 6.36. The first-order valence-corrected chi connectivity index (χ1v) is 17.8. The van der Waals surface area contributed by atoms with Crippen LogP contribution in [0.4, 0.5) is 0 Å². The second kappa shape index (κ2) is 10.1. The van der Waals surface area contributed by atoms with Crippen molar-refractivity contribution in [2.45, 2.75) is 56.1 Å². The predicted octanol–water partition coefficient (Wildman–Crippen LogP) is 10.4. The molecular weight excluding hydrogens is 655 g/mol. The van der Waals surface area contributed by atoms with Gasteiger partial charge in [-0.3, -0.25) is 8.80 Å². The number of nitrogens with two attached hydrogens (primary N) is 1. The van der Waals surface area contributed by atoms with E-state index in [0.717, 1.165) is 86.9 Å². The maximum Gasteiger partial charge on any atom is 0.148 e. The largest absolute Gasteiger partial charge is 0.321 e. The van der Waals surface area contributed by atoms with E-state index in [1.54, 1.807) is 0 Å². The van der Waals surface area contributed by atoms with Gasteiger partial charge in [0.2, 0.25) is 0 Å². The van der Waals surface area contributed by atoms with Gasteiger partial charge in [0.15, 0.2) is 0 Å². The van der Waals surface area contributed by atoms with E-state index in [0.29, 0.717) is 0 Å². The molecule has 0 aliphatic rings. The molecule has 0 saturated heterocycles. The third-order valence-corrected chi connectivity index (χ3v) is 12.8. The average Bonchev–Trinajstić information content (AvgIpc) is 3.71. The van der Waals surface area contributed by atoms with Crippen molar-refractivity contribution < 1.29 is 0 Å². The van der Waals surface area contributed by atoms with Gasteiger partial charge in [-0.05, 0) is 122 Å². The number of fused-ring (bicyclic) bond motifs is 11. The summed E-state index contributed by atoms with van der Waals surface area (Å²) in [6.45, 7) is 17.5. The quantitative estimate of drug-likeness (QED) is 0.0832. The minimum Gasteiger partial charge on any atom is -0.321 e. The van der Waals surface area contributed by atoms with Crippen LogP contribution in [0.25, 0.3) is 77.6 Å². The summed E-state index contributed by atoms with van der Waals surface area (Å²) in [6, 6.07) is 19.6. The summed E-state index contributed by atoms with van der Waals surface area (Å²) < 4.78 is 5.97. The summed E-state index contributed by atoms with van der Waals surface area (Å²) >= 11 is 14.7. The van der Waals surface area contributed by atoms with Gasteiger partial charge in [0.1, 0.15) is 13.5 Å². The molecule has 0 aliphatic heterocycles. The van der Waals surface area contributed by atoms with Crippen LogP contribution in [-0.2, 0) is 4.77 Å². The average molecular weight is 691 g/mol. The van der Waals surface area contributed by atoms with E-state index in [-0.39, 0.29) is 0 Å². The molecule has 4 aromatic heterocycles. The molecule has 0 amide bonds. The number of para-hydroxylation sites is 2. The molecule has 9 rings (SSSR count). The minimum atomic E-state index is -1.29. The van der Waals surface area contributed by atoms with Crippen molar-refractivity contribution in [1.29, 1.82) is 0 Å². The van der Waals surface area contributed by atoms with Gasteiger partial charge in [0.05, 0.1) is 38.6 Å². The van der Waals surface area contributed by atoms with Crippen molar-refractivity contribution in [1.82, 2.24) is 13.2 Å². The fourth-order valence-corrected chi connectivity index (χ4v) is 9.39. The van der Waals surface area contributed by atoms with Crippen LogP contribution in [0.15, 0.2) is 71.0 Å². The lowest BCUT2D eigenvalue weighted by molar-refractivity contribution is 0.943. The Labute approximate surface area is 302 Å². The number of hydrogen-bond donors (Lipinski definition) is 4. The van der Waals surface area contributed by atoms with E-state index in [1.807, 2.05) is 12.1 Å². The third-order valence-electron chi connectivity index (χ3n) is 11.4. The summed E-state index contributed by atoms with van der Waals surface area (Å²) in [4.78, 5) is 2.04. The van der Waals surface area contributed by atoms with Crippen molar-refractivity contribution >= 4 is 112 Å². The van der Waals surface area contributed by atoms with Crippen molar-refractivity contribution in [2.75, 3.05) is 0 Å². The maximum atomic E-state index is 6.36. The zero-order valence-electron chi connectivity index (χ0n) is 28.3. The summed E-state index contributed by atoms with van der Waals surface area (Å²) in [5, 5.41) is 3.39. The first-order valence-electron chi connectivity index (χ1n) is 16.4. The van der Waals surface area contributed by atoms with E-state index in [9.17, 15) is 0 Å². The molecule has 5 aromatic carbocycles. The Morgan fingerprint density at radius 2 is 1.29 bits per heavy atom. The number of benzene rings is 5. The Kier molecular flexibility index (Phi) is 6.38. The van der Waals surface area contributed by atoms with Crippen LogP contribution in [0.1, 0.15) is 44.5 Å². The Balaban J connectivity index is 1.67. The molecule has 49 heavy (non-hydrogen) atoms. The molecule has 240 valence electrons. The first-order chi connectivity index (χ1) is 23.3. The van der Waals surface area contributed by atoms with Crippen LogP contribution in [0.5, 0.6) is 0 Å². The van der Waals surface area contributed by atoms with E-state index < -0.39 is 4.77 Å². The lowest BCUT2D eigenvalue weighted by Crippen LogP contribution is -2.30. The summed E-state index contributed by atoms with van der Waals surface area (Å²) in [5.74, 6) is 0. The van der Waals surface area contributed by atoms with Crippen molar-refractivity contribution in [2.24, 2.45) is 5.73 Å². The molecule has 4 heterocycles. The number of hydrogen-bond acceptors (Lipinski definition) is 4. The number of nitrogens with zero attached hydrogens (tertiary/aromatic N) is 3. The number of thiol groups is 3. The van der Waals surface area contributed by atoms with Gasteiger partial charge in [-0.1, -0.05) is 36.9 Å².